The standard InChI is InChI=1S/C17H14Cl3N3O3/c1-9(6-16(25)21-14-8-11(19)2-4-13(14)20)22-23-17(26)12-7-10(18)3-5-15(12)24/h2-5,7-8,24H,6H2,1H3,(H,21,25)(H,23,26)/b22-9+. The molecular weight excluding hydrogens is 401 g/mol. The van der Waals surface area contributed by atoms with E-state index in [1.54, 1.807) is 19.1 Å². The Labute approximate surface area is 164 Å². The van der Waals surface area contributed by atoms with E-state index in [0.29, 0.717) is 26.5 Å². The summed E-state index contributed by atoms with van der Waals surface area (Å²) in [6, 6.07) is 8.76. The number of nitrogens with one attached hydrogen (secondary N) is 2. The molecule has 0 aliphatic heterocycles. The molecule has 136 valence electrons. The lowest BCUT2D eigenvalue weighted by atomic mass is 10.2. The number of hydrogen-bond donors (Lipinski definition) is 3. The molecule has 0 spiro atoms. The van der Waals surface area contributed by atoms with Crippen LogP contribution in [0.3, 0.4) is 0 Å². The van der Waals surface area contributed by atoms with Crippen molar-refractivity contribution in [2.75, 3.05) is 5.32 Å². The molecule has 0 bridgehead atoms. The summed E-state index contributed by atoms with van der Waals surface area (Å²) in [6.07, 6.45) is -0.0787. The molecule has 6 nitrogen and oxygen atoms in total. The molecule has 0 atom stereocenters. The van der Waals surface area contributed by atoms with Crippen LogP contribution in [-0.2, 0) is 4.79 Å². The second-order valence-corrected chi connectivity index (χ2v) is 6.58. The van der Waals surface area contributed by atoms with Crippen LogP contribution in [0.5, 0.6) is 5.75 Å². The van der Waals surface area contributed by atoms with E-state index in [1.165, 1.54) is 24.3 Å². The molecule has 0 aliphatic carbocycles. The summed E-state index contributed by atoms with van der Waals surface area (Å²) in [7, 11) is 0. The van der Waals surface area contributed by atoms with Crippen molar-refractivity contribution < 1.29 is 14.7 Å². The molecule has 0 saturated heterocycles. The summed E-state index contributed by atoms with van der Waals surface area (Å²) in [5, 5.41) is 17.2. The zero-order chi connectivity index (χ0) is 19.3. The number of benzene rings is 2. The Kier molecular flexibility index (Phi) is 6.85. The lowest BCUT2D eigenvalue weighted by molar-refractivity contribution is -0.115. The number of hydrazone groups is 1. The summed E-state index contributed by atoms with van der Waals surface area (Å²) in [4.78, 5) is 24.0. The van der Waals surface area contributed by atoms with Crippen LogP contribution in [0.2, 0.25) is 15.1 Å². The monoisotopic (exact) mass is 413 g/mol. The third kappa shape index (κ3) is 5.62. The number of phenols is 1. The maximum absolute atomic E-state index is 12.0. The number of nitrogens with zero attached hydrogens (tertiary/aromatic N) is 1. The molecule has 2 amide bonds. The van der Waals surface area contributed by atoms with Crippen LogP contribution in [0.1, 0.15) is 23.7 Å². The molecular formula is C17H14Cl3N3O3. The number of rotatable bonds is 5. The fourth-order valence-corrected chi connectivity index (χ4v) is 2.47. The molecule has 0 saturated carbocycles. The van der Waals surface area contributed by atoms with Gasteiger partial charge in [-0.2, -0.15) is 5.10 Å². The van der Waals surface area contributed by atoms with Crippen molar-refractivity contribution in [3.63, 3.8) is 0 Å². The van der Waals surface area contributed by atoms with Gasteiger partial charge in [0.2, 0.25) is 5.91 Å². The van der Waals surface area contributed by atoms with Crippen LogP contribution >= 0.6 is 34.8 Å². The number of carbonyl (C=O) groups is 2. The molecule has 2 aromatic rings. The first-order valence-corrected chi connectivity index (χ1v) is 8.46. The molecule has 0 aromatic heterocycles. The third-order valence-corrected chi connectivity index (χ3v) is 3.97. The normalized spacial score (nSPS) is 11.2. The average Bonchev–Trinajstić information content (AvgIpc) is 2.58. The molecule has 2 aromatic carbocycles. The van der Waals surface area contributed by atoms with E-state index in [1.807, 2.05) is 0 Å². The van der Waals surface area contributed by atoms with Crippen LogP contribution < -0.4 is 10.7 Å². The van der Waals surface area contributed by atoms with E-state index in [4.69, 9.17) is 34.8 Å². The van der Waals surface area contributed by atoms with Gasteiger partial charge in [0.25, 0.3) is 5.91 Å². The molecule has 9 heteroatoms. The minimum Gasteiger partial charge on any atom is -0.507 e. The molecule has 0 fully saturated rings. The average molecular weight is 415 g/mol. The zero-order valence-electron chi connectivity index (χ0n) is 13.5. The van der Waals surface area contributed by atoms with Crippen LogP contribution in [0.15, 0.2) is 41.5 Å². The third-order valence-electron chi connectivity index (χ3n) is 3.17. The number of aromatic hydroxyl groups is 1. The van der Waals surface area contributed by atoms with Gasteiger partial charge in [-0.25, -0.2) is 5.43 Å². The second-order valence-electron chi connectivity index (χ2n) is 5.30. The van der Waals surface area contributed by atoms with Crippen molar-refractivity contribution in [1.82, 2.24) is 5.43 Å². The van der Waals surface area contributed by atoms with Gasteiger partial charge in [-0.05, 0) is 43.3 Å². The second kappa shape index (κ2) is 8.89. The Hall–Kier alpha value is -2.28. The first kappa shape index (κ1) is 20.0. The highest BCUT2D eigenvalue weighted by Gasteiger charge is 2.12. The predicted molar refractivity (Wildman–Crippen MR) is 103 cm³/mol. The van der Waals surface area contributed by atoms with Gasteiger partial charge >= 0.3 is 0 Å². The lowest BCUT2D eigenvalue weighted by Crippen LogP contribution is -2.21. The number of anilines is 1. The number of carbonyl (C=O) groups excluding carboxylic acids is 2. The fraction of sp³-hybridized carbons (Fsp3) is 0.118. The van der Waals surface area contributed by atoms with Gasteiger partial charge in [-0.1, -0.05) is 34.8 Å². The van der Waals surface area contributed by atoms with Gasteiger partial charge in [0.05, 0.1) is 22.7 Å². The molecule has 2 rings (SSSR count). The van der Waals surface area contributed by atoms with Gasteiger partial charge in [0, 0.05) is 15.8 Å². The minimum absolute atomic E-state index is 0.0239. The maximum atomic E-state index is 12.0. The van der Waals surface area contributed by atoms with Gasteiger partial charge in [0.1, 0.15) is 5.75 Å². The highest BCUT2D eigenvalue weighted by atomic mass is 35.5. The van der Waals surface area contributed by atoms with Crippen LogP contribution in [0.25, 0.3) is 0 Å². The van der Waals surface area contributed by atoms with Crippen LogP contribution in [0.4, 0.5) is 5.69 Å². The minimum atomic E-state index is -0.650. The zero-order valence-corrected chi connectivity index (χ0v) is 15.8. The Morgan fingerprint density at radius 1 is 1.08 bits per heavy atom. The fourth-order valence-electron chi connectivity index (χ4n) is 1.96. The molecule has 0 radical (unpaired) electrons. The van der Waals surface area contributed by atoms with Gasteiger partial charge in [-0.15, -0.1) is 0 Å². The lowest BCUT2D eigenvalue weighted by Gasteiger charge is -2.08. The SMILES string of the molecule is C/C(CC(=O)Nc1cc(Cl)ccc1Cl)=N\NC(=O)c1cc(Cl)ccc1O. The Morgan fingerprint density at radius 2 is 1.73 bits per heavy atom. The van der Waals surface area contributed by atoms with Crippen LogP contribution in [-0.4, -0.2) is 22.6 Å². The summed E-state index contributed by atoms with van der Waals surface area (Å²) in [5.74, 6) is -1.26. The number of hydrogen-bond acceptors (Lipinski definition) is 4. The van der Waals surface area contributed by atoms with Crippen LogP contribution in [0, 0.1) is 0 Å². The summed E-state index contributed by atoms with van der Waals surface area (Å²) < 4.78 is 0. The van der Waals surface area contributed by atoms with Gasteiger partial charge < -0.3 is 10.4 Å². The van der Waals surface area contributed by atoms with E-state index in [-0.39, 0.29) is 23.6 Å². The van der Waals surface area contributed by atoms with E-state index >= 15 is 0 Å². The largest absolute Gasteiger partial charge is 0.507 e. The van der Waals surface area contributed by atoms with E-state index in [2.05, 4.69) is 15.8 Å². The Balaban J connectivity index is 1.97. The van der Waals surface area contributed by atoms with Gasteiger partial charge in [-0.3, -0.25) is 9.59 Å². The molecule has 0 aliphatic rings. The number of amides is 2. The molecule has 26 heavy (non-hydrogen) atoms. The predicted octanol–water partition coefficient (Wildman–Crippen LogP) is 4.49. The first-order valence-electron chi connectivity index (χ1n) is 7.33. The van der Waals surface area contributed by atoms with Crippen molar-refractivity contribution in [3.8, 4) is 5.75 Å². The van der Waals surface area contributed by atoms with Crippen molar-refractivity contribution >= 4 is 58.0 Å². The Bertz CT molecular complexity index is 885. The number of phenolic OH excluding ortho intramolecular Hbond substituents is 1. The first-order chi connectivity index (χ1) is 12.3. The van der Waals surface area contributed by atoms with E-state index in [0.717, 1.165) is 0 Å². The molecule has 0 heterocycles. The highest BCUT2D eigenvalue weighted by Crippen LogP contribution is 2.25. The quantitative estimate of drug-likeness (QED) is 0.497. The summed E-state index contributed by atoms with van der Waals surface area (Å²) in [5.41, 5.74) is 2.96. The summed E-state index contributed by atoms with van der Waals surface area (Å²) >= 11 is 17.6. The number of halogens is 3. The van der Waals surface area contributed by atoms with Crippen molar-refractivity contribution in [2.45, 2.75) is 13.3 Å². The van der Waals surface area contributed by atoms with Crippen molar-refractivity contribution in [3.05, 3.63) is 57.0 Å². The highest BCUT2D eigenvalue weighted by molar-refractivity contribution is 6.35. The maximum Gasteiger partial charge on any atom is 0.275 e. The molecule has 3 N–H and O–H groups in total. The van der Waals surface area contributed by atoms with Crippen molar-refractivity contribution in [1.29, 1.82) is 0 Å². The van der Waals surface area contributed by atoms with Crippen molar-refractivity contribution in [2.24, 2.45) is 5.10 Å². The smallest absolute Gasteiger partial charge is 0.275 e. The Morgan fingerprint density at radius 3 is 2.46 bits per heavy atom. The van der Waals surface area contributed by atoms with E-state index in [9.17, 15) is 14.7 Å². The van der Waals surface area contributed by atoms with Gasteiger partial charge in [0.15, 0.2) is 0 Å². The van der Waals surface area contributed by atoms with E-state index < -0.39 is 5.91 Å². The topological polar surface area (TPSA) is 90.8 Å². The molecule has 0 unspecified atom stereocenters. The summed E-state index contributed by atoms with van der Waals surface area (Å²) in [6.45, 7) is 1.57.